The maximum atomic E-state index is 12.8. The average Bonchev–Trinajstić information content (AvgIpc) is 2.72. The van der Waals surface area contributed by atoms with Crippen LogP contribution < -0.4 is 24.4 Å². The van der Waals surface area contributed by atoms with E-state index in [4.69, 9.17) is 14.2 Å². The van der Waals surface area contributed by atoms with Gasteiger partial charge < -0.3 is 24.4 Å². The predicted octanol–water partition coefficient (Wildman–Crippen LogP) is 2.45. The molecule has 0 bridgehead atoms. The van der Waals surface area contributed by atoms with Crippen molar-refractivity contribution in [1.29, 1.82) is 0 Å². The Morgan fingerprint density at radius 2 is 1.82 bits per heavy atom. The van der Waals surface area contributed by atoms with Gasteiger partial charge in [-0.05, 0) is 36.8 Å². The van der Waals surface area contributed by atoms with E-state index >= 15 is 0 Å². The van der Waals surface area contributed by atoms with Crippen molar-refractivity contribution in [3.05, 3.63) is 48.0 Å². The van der Waals surface area contributed by atoms with E-state index in [0.29, 0.717) is 36.1 Å². The van der Waals surface area contributed by atoms with Gasteiger partial charge in [-0.3, -0.25) is 9.59 Å². The Bertz CT molecular complexity index is 913. The molecule has 2 atom stereocenters. The van der Waals surface area contributed by atoms with Crippen LogP contribution in [0.15, 0.2) is 42.5 Å². The molecule has 0 fully saturated rings. The van der Waals surface area contributed by atoms with Gasteiger partial charge in [-0.1, -0.05) is 18.2 Å². The summed E-state index contributed by atoms with van der Waals surface area (Å²) in [5, 5.41) is 2.96. The Labute approximate surface area is 163 Å². The number of hydrogen-bond acceptors (Lipinski definition) is 5. The van der Waals surface area contributed by atoms with Gasteiger partial charge in [0.1, 0.15) is 19.0 Å². The van der Waals surface area contributed by atoms with Crippen molar-refractivity contribution >= 4 is 17.5 Å². The minimum Gasteiger partial charge on any atom is -0.486 e. The molecule has 0 saturated carbocycles. The number of nitrogens with zero attached hydrogens (tertiary/aromatic N) is 1. The molecule has 2 aliphatic heterocycles. The number of para-hydroxylation sites is 2. The van der Waals surface area contributed by atoms with Gasteiger partial charge in [0, 0.05) is 6.92 Å². The molecule has 0 radical (unpaired) electrons. The summed E-state index contributed by atoms with van der Waals surface area (Å²) in [5.41, 5.74) is 1.58. The quantitative estimate of drug-likeness (QED) is 0.882. The highest BCUT2D eigenvalue weighted by Crippen LogP contribution is 2.34. The van der Waals surface area contributed by atoms with Crippen molar-refractivity contribution in [3.8, 4) is 17.2 Å². The number of ether oxygens (including phenoxy) is 3. The van der Waals surface area contributed by atoms with Gasteiger partial charge in [0.2, 0.25) is 5.91 Å². The first-order chi connectivity index (χ1) is 13.5. The maximum Gasteiger partial charge on any atom is 0.263 e. The molecule has 0 unspecified atom stereocenters. The minimum absolute atomic E-state index is 0.131. The van der Waals surface area contributed by atoms with E-state index in [1.54, 1.807) is 11.0 Å². The molecule has 146 valence electrons. The van der Waals surface area contributed by atoms with E-state index in [9.17, 15) is 9.59 Å². The van der Waals surface area contributed by atoms with E-state index in [-0.39, 0.29) is 24.4 Å². The molecule has 7 nitrogen and oxygen atoms in total. The summed E-state index contributed by atoms with van der Waals surface area (Å²) >= 11 is 0. The number of carbonyl (C=O) groups is 2. The third kappa shape index (κ3) is 3.47. The zero-order valence-electron chi connectivity index (χ0n) is 15.8. The Morgan fingerprint density at radius 3 is 2.61 bits per heavy atom. The van der Waals surface area contributed by atoms with Gasteiger partial charge in [-0.25, -0.2) is 0 Å². The standard InChI is InChI=1S/C21H22N2O5/c1-13(15-7-8-18-19(11-15)27-10-9-26-18)22-21(25)20-12-23(14(2)24)16-5-3-4-6-17(16)28-20/h3-8,11,13,20H,9-10,12H2,1-2H3,(H,22,25)/t13-,20-/m0/s1. The minimum atomic E-state index is -0.779. The summed E-state index contributed by atoms with van der Waals surface area (Å²) in [7, 11) is 0. The largest absolute Gasteiger partial charge is 0.486 e. The van der Waals surface area contributed by atoms with Crippen LogP contribution in [0.25, 0.3) is 0 Å². The van der Waals surface area contributed by atoms with Gasteiger partial charge in [-0.15, -0.1) is 0 Å². The number of hydrogen-bond donors (Lipinski definition) is 1. The summed E-state index contributed by atoms with van der Waals surface area (Å²) in [4.78, 5) is 26.4. The second-order valence-electron chi connectivity index (χ2n) is 6.84. The molecule has 0 spiro atoms. The summed E-state index contributed by atoms with van der Waals surface area (Å²) in [6.45, 7) is 4.59. The third-order valence-electron chi connectivity index (χ3n) is 4.87. The normalized spacial score (nSPS) is 18.5. The van der Waals surface area contributed by atoms with Crippen molar-refractivity contribution < 1.29 is 23.8 Å². The Morgan fingerprint density at radius 1 is 1.07 bits per heavy atom. The van der Waals surface area contributed by atoms with Gasteiger partial charge in [0.15, 0.2) is 17.6 Å². The molecule has 28 heavy (non-hydrogen) atoms. The monoisotopic (exact) mass is 382 g/mol. The van der Waals surface area contributed by atoms with Crippen LogP contribution in [0.5, 0.6) is 17.2 Å². The average molecular weight is 382 g/mol. The Balaban J connectivity index is 1.48. The van der Waals surface area contributed by atoms with Crippen molar-refractivity contribution in [2.45, 2.75) is 26.0 Å². The smallest absolute Gasteiger partial charge is 0.263 e. The summed E-state index contributed by atoms with van der Waals surface area (Å²) in [6.07, 6.45) is -0.779. The molecule has 0 aromatic heterocycles. The lowest BCUT2D eigenvalue weighted by molar-refractivity contribution is -0.129. The van der Waals surface area contributed by atoms with Crippen LogP contribution in [0.1, 0.15) is 25.5 Å². The number of benzene rings is 2. The lowest BCUT2D eigenvalue weighted by atomic mass is 10.1. The van der Waals surface area contributed by atoms with Crippen molar-refractivity contribution in [2.75, 3.05) is 24.7 Å². The van der Waals surface area contributed by atoms with Crippen LogP contribution in [-0.2, 0) is 9.59 Å². The van der Waals surface area contributed by atoms with Crippen LogP contribution in [0.3, 0.4) is 0 Å². The lowest BCUT2D eigenvalue weighted by Gasteiger charge is -2.34. The fraction of sp³-hybridized carbons (Fsp3) is 0.333. The highest BCUT2D eigenvalue weighted by molar-refractivity contribution is 5.95. The molecule has 2 aromatic carbocycles. The van der Waals surface area contributed by atoms with Gasteiger partial charge in [0.05, 0.1) is 18.3 Å². The molecule has 0 aliphatic carbocycles. The van der Waals surface area contributed by atoms with E-state index in [1.165, 1.54) is 6.92 Å². The van der Waals surface area contributed by atoms with Crippen molar-refractivity contribution in [3.63, 3.8) is 0 Å². The zero-order valence-corrected chi connectivity index (χ0v) is 15.8. The predicted molar refractivity (Wildman–Crippen MR) is 103 cm³/mol. The fourth-order valence-electron chi connectivity index (χ4n) is 3.39. The molecule has 0 saturated heterocycles. The number of fused-ring (bicyclic) bond motifs is 2. The number of rotatable bonds is 3. The van der Waals surface area contributed by atoms with Crippen molar-refractivity contribution in [1.82, 2.24) is 5.32 Å². The van der Waals surface area contributed by atoms with E-state index in [1.807, 2.05) is 43.3 Å². The second kappa shape index (κ2) is 7.42. The zero-order chi connectivity index (χ0) is 19.7. The SMILES string of the molecule is CC(=O)N1C[C@@H](C(=O)N[C@@H](C)c2ccc3c(c2)OCCO3)Oc2ccccc21. The van der Waals surface area contributed by atoms with Crippen LogP contribution in [0, 0.1) is 0 Å². The Hall–Kier alpha value is -3.22. The first-order valence-corrected chi connectivity index (χ1v) is 9.26. The number of carbonyl (C=O) groups excluding carboxylic acids is 2. The van der Waals surface area contributed by atoms with Gasteiger partial charge >= 0.3 is 0 Å². The van der Waals surface area contributed by atoms with E-state index < -0.39 is 6.10 Å². The highest BCUT2D eigenvalue weighted by atomic mass is 16.6. The first kappa shape index (κ1) is 18.2. The first-order valence-electron chi connectivity index (χ1n) is 9.26. The summed E-state index contributed by atoms with van der Waals surface area (Å²) < 4.78 is 17.0. The molecular formula is C21H22N2O5. The van der Waals surface area contributed by atoms with E-state index in [0.717, 1.165) is 5.56 Å². The molecule has 1 N–H and O–H groups in total. The summed E-state index contributed by atoms with van der Waals surface area (Å²) in [5.74, 6) is 1.50. The Kier molecular flexibility index (Phi) is 4.81. The summed E-state index contributed by atoms with van der Waals surface area (Å²) in [6, 6.07) is 12.6. The van der Waals surface area contributed by atoms with Crippen LogP contribution in [0.4, 0.5) is 5.69 Å². The third-order valence-corrected chi connectivity index (χ3v) is 4.87. The van der Waals surface area contributed by atoms with Gasteiger partial charge in [-0.2, -0.15) is 0 Å². The molecule has 2 aliphatic rings. The molecule has 2 amide bonds. The van der Waals surface area contributed by atoms with Crippen molar-refractivity contribution in [2.24, 2.45) is 0 Å². The van der Waals surface area contributed by atoms with Crippen LogP contribution in [0.2, 0.25) is 0 Å². The number of nitrogens with one attached hydrogen (secondary N) is 1. The van der Waals surface area contributed by atoms with Gasteiger partial charge in [0.25, 0.3) is 5.91 Å². The molecule has 4 rings (SSSR count). The number of anilines is 1. The maximum absolute atomic E-state index is 12.8. The fourth-order valence-corrected chi connectivity index (χ4v) is 3.39. The topological polar surface area (TPSA) is 77.1 Å². The molecular weight excluding hydrogens is 360 g/mol. The van der Waals surface area contributed by atoms with E-state index in [2.05, 4.69) is 5.32 Å². The van der Waals surface area contributed by atoms with Crippen LogP contribution >= 0.6 is 0 Å². The van der Waals surface area contributed by atoms with Crippen LogP contribution in [-0.4, -0.2) is 37.7 Å². The highest BCUT2D eigenvalue weighted by Gasteiger charge is 2.33. The second-order valence-corrected chi connectivity index (χ2v) is 6.84. The molecule has 7 heteroatoms. The lowest BCUT2D eigenvalue weighted by Crippen LogP contribution is -2.50. The number of amides is 2. The molecule has 2 heterocycles. The molecule has 2 aromatic rings.